The van der Waals surface area contributed by atoms with Gasteiger partial charge in [-0.15, -0.1) is 11.8 Å². The number of hydrogen-bond donors (Lipinski definition) is 3. The van der Waals surface area contributed by atoms with Crippen molar-refractivity contribution in [3.8, 4) is 5.75 Å². The van der Waals surface area contributed by atoms with Gasteiger partial charge in [0.15, 0.2) is 16.4 Å². The Morgan fingerprint density at radius 1 is 1.08 bits per heavy atom. The molecule has 0 saturated carbocycles. The Morgan fingerprint density at radius 3 is 2.35 bits per heavy atom. The molecule has 0 aromatic heterocycles. The predicted molar refractivity (Wildman–Crippen MR) is 194 cm³/mol. The monoisotopic (exact) mass is 731 g/mol. The van der Waals surface area contributed by atoms with Crippen molar-refractivity contribution in [2.75, 3.05) is 36.7 Å². The fourth-order valence-electron chi connectivity index (χ4n) is 6.00. The van der Waals surface area contributed by atoms with E-state index in [2.05, 4.69) is 22.5 Å². The van der Waals surface area contributed by atoms with Gasteiger partial charge in [0.2, 0.25) is 0 Å². The van der Waals surface area contributed by atoms with Gasteiger partial charge >= 0.3 is 0 Å². The van der Waals surface area contributed by atoms with Crippen LogP contribution in [-0.2, 0) is 28.7 Å². The number of carbonyl (C=O) groups excluding carboxylic acids is 2. The van der Waals surface area contributed by atoms with Crippen molar-refractivity contribution in [3.05, 3.63) is 78.4 Å². The quantitative estimate of drug-likeness (QED) is 0.0956. The van der Waals surface area contributed by atoms with E-state index in [0.717, 1.165) is 24.9 Å². The number of anilines is 2. The maximum absolute atomic E-state index is 14.2. The lowest BCUT2D eigenvalue weighted by Crippen LogP contribution is -2.51. The third-order valence-corrected chi connectivity index (χ3v) is 12.0. The van der Waals surface area contributed by atoms with Crippen molar-refractivity contribution >= 4 is 53.2 Å². The lowest BCUT2D eigenvalue weighted by Gasteiger charge is -2.36. The van der Waals surface area contributed by atoms with E-state index >= 15 is 0 Å². The van der Waals surface area contributed by atoms with Crippen LogP contribution in [0, 0.1) is 5.41 Å². The molecule has 3 aromatic rings. The van der Waals surface area contributed by atoms with Crippen molar-refractivity contribution in [1.82, 2.24) is 10.6 Å². The molecule has 0 aliphatic carbocycles. The van der Waals surface area contributed by atoms with Gasteiger partial charge in [-0.1, -0.05) is 75.2 Å². The number of nitrogens with one attached hydrogen (secondary N) is 2. The van der Waals surface area contributed by atoms with E-state index < -0.39 is 53.8 Å². The second-order valence-electron chi connectivity index (χ2n) is 12.0. The van der Waals surface area contributed by atoms with E-state index in [1.54, 1.807) is 37.3 Å². The van der Waals surface area contributed by atoms with Gasteiger partial charge in [0.05, 0.1) is 21.2 Å². The molecule has 3 unspecified atom stereocenters. The van der Waals surface area contributed by atoms with Crippen LogP contribution in [0.15, 0.2) is 82.6 Å². The van der Waals surface area contributed by atoms with Crippen LogP contribution in [0.4, 0.5) is 11.4 Å². The molecule has 0 saturated heterocycles. The number of hydrogen-bond acceptors (Lipinski definition) is 10. The number of benzene rings is 3. The second kappa shape index (κ2) is 17.0. The number of para-hydroxylation sites is 1. The maximum Gasteiger partial charge on any atom is 0.298 e. The number of thioether (sulfide) groups is 1. The van der Waals surface area contributed by atoms with E-state index in [4.69, 9.17) is 9.47 Å². The molecule has 1 aliphatic heterocycles. The summed E-state index contributed by atoms with van der Waals surface area (Å²) in [4.78, 5) is 29.4. The first-order chi connectivity index (χ1) is 23.4. The molecule has 3 aromatic carbocycles. The second-order valence-corrected chi connectivity index (χ2v) is 15.9. The van der Waals surface area contributed by atoms with Gasteiger partial charge in [0.1, 0.15) is 20.3 Å². The first-order valence-corrected chi connectivity index (χ1v) is 20.3. The number of aliphatic hydroxyl groups is 1. The zero-order valence-corrected chi connectivity index (χ0v) is 31.1. The van der Waals surface area contributed by atoms with Crippen LogP contribution >= 0.6 is 20.2 Å². The molecule has 0 fully saturated rings. The summed E-state index contributed by atoms with van der Waals surface area (Å²) in [7, 11) is -5.76. The standard InChI is InChI=1S/C35H46N3O8PS2/c1-5-8-19-34(6-2)23-38(26-17-13-10-14-18-26)27-20-29(48-4)28(21-30(27)49(43,44)24-34)45-22-31(39)36-32(25-15-11-9-12-16-25)33(40)37-35(41,47-42)46-7-3/h9-18,20-21,32,41H,5-8,19,22-24,47H2,1-4H3,(H,36,39)(H,37,40)/t32-,34?,35?/m1/s1. The van der Waals surface area contributed by atoms with Crippen molar-refractivity contribution in [3.63, 3.8) is 0 Å². The van der Waals surface area contributed by atoms with Crippen LogP contribution < -0.4 is 20.3 Å². The fraction of sp³-hybridized carbons (Fsp3) is 0.429. The van der Waals surface area contributed by atoms with E-state index in [0.29, 0.717) is 29.1 Å². The lowest BCUT2D eigenvalue weighted by molar-refractivity contribution is -0.167. The average molecular weight is 732 g/mol. The average Bonchev–Trinajstić information content (AvgIpc) is 3.20. The van der Waals surface area contributed by atoms with Crippen LogP contribution in [0.3, 0.4) is 0 Å². The van der Waals surface area contributed by atoms with E-state index in [-0.39, 0.29) is 23.0 Å². The van der Waals surface area contributed by atoms with Crippen molar-refractivity contribution in [1.29, 1.82) is 0 Å². The highest BCUT2D eigenvalue weighted by Crippen LogP contribution is 2.47. The van der Waals surface area contributed by atoms with Crippen molar-refractivity contribution < 1.29 is 37.2 Å². The molecule has 4 atom stereocenters. The summed E-state index contributed by atoms with van der Waals surface area (Å²) in [5.41, 5.74) is -1.01. The lowest BCUT2D eigenvalue weighted by atomic mass is 9.81. The van der Waals surface area contributed by atoms with Gasteiger partial charge in [0, 0.05) is 30.3 Å². The summed E-state index contributed by atoms with van der Waals surface area (Å²) in [5, 5.41) is 15.3. The van der Waals surface area contributed by atoms with Gasteiger partial charge in [0.25, 0.3) is 17.5 Å². The van der Waals surface area contributed by atoms with E-state index in [9.17, 15) is 27.7 Å². The van der Waals surface area contributed by atoms with Crippen LogP contribution in [-0.4, -0.2) is 62.8 Å². The SMILES string of the molecule is CCCCC1(CC)CN(c2ccccc2)c2cc(SC)c(OCC(=O)N[C@@H](C(=O)NC(O)(OCC)[PH2]=O)c3ccccc3)cc2S(=O)(=O)C1. The molecule has 0 spiro atoms. The predicted octanol–water partition coefficient (Wildman–Crippen LogP) is 5.67. The fourth-order valence-corrected chi connectivity index (χ4v) is 9.16. The number of unbranched alkanes of at least 4 members (excludes halogenated alkanes) is 1. The summed E-state index contributed by atoms with van der Waals surface area (Å²) in [6.07, 6.45) is 5.17. The zero-order chi connectivity index (χ0) is 35.7. The number of sulfone groups is 1. The summed E-state index contributed by atoms with van der Waals surface area (Å²) in [6, 6.07) is 20.1. The summed E-state index contributed by atoms with van der Waals surface area (Å²) in [5.74, 6) is -1.32. The molecule has 0 bridgehead atoms. The molecule has 1 heterocycles. The van der Waals surface area contributed by atoms with E-state index in [1.165, 1.54) is 17.8 Å². The number of amides is 2. The molecule has 1 aliphatic rings. The topological polar surface area (TPSA) is 151 Å². The molecule has 11 nitrogen and oxygen atoms in total. The molecular weight excluding hydrogens is 686 g/mol. The Labute approximate surface area is 294 Å². The third kappa shape index (κ3) is 9.46. The number of nitrogens with zero attached hydrogens (tertiary/aromatic N) is 1. The smallest absolute Gasteiger partial charge is 0.298 e. The first-order valence-electron chi connectivity index (χ1n) is 16.3. The Morgan fingerprint density at radius 2 is 1.76 bits per heavy atom. The number of carbonyl (C=O) groups is 2. The molecule has 4 rings (SSSR count). The minimum Gasteiger partial charge on any atom is -0.483 e. The maximum atomic E-state index is 14.2. The normalized spacial score (nSPS) is 19.0. The minimum absolute atomic E-state index is 0.0155. The Hall–Kier alpha value is -3.35. The highest BCUT2D eigenvalue weighted by atomic mass is 32.2. The van der Waals surface area contributed by atoms with Crippen molar-refractivity contribution in [2.45, 2.75) is 67.9 Å². The Bertz CT molecular complexity index is 1710. The number of fused-ring (bicyclic) bond motifs is 1. The first kappa shape index (κ1) is 38.5. The molecule has 49 heavy (non-hydrogen) atoms. The summed E-state index contributed by atoms with van der Waals surface area (Å²) >= 11 is 1.36. The van der Waals surface area contributed by atoms with E-state index in [1.807, 2.05) is 49.6 Å². The van der Waals surface area contributed by atoms with Gasteiger partial charge in [-0.25, -0.2) is 8.42 Å². The van der Waals surface area contributed by atoms with Gasteiger partial charge in [-0.2, -0.15) is 0 Å². The highest BCUT2D eigenvalue weighted by molar-refractivity contribution is 7.98. The van der Waals surface area contributed by atoms with Crippen LogP contribution in [0.1, 0.15) is 58.1 Å². The Balaban J connectivity index is 1.66. The van der Waals surface area contributed by atoms with Crippen LogP contribution in [0.2, 0.25) is 0 Å². The third-order valence-electron chi connectivity index (χ3n) is 8.62. The zero-order valence-electron chi connectivity index (χ0n) is 28.3. The Kier molecular flexibility index (Phi) is 13.4. The van der Waals surface area contributed by atoms with Crippen molar-refractivity contribution in [2.24, 2.45) is 5.41 Å². The highest BCUT2D eigenvalue weighted by Gasteiger charge is 2.42. The molecule has 14 heteroatoms. The van der Waals surface area contributed by atoms with Gasteiger partial charge in [-0.3, -0.25) is 14.9 Å². The van der Waals surface area contributed by atoms with Gasteiger partial charge in [-0.05, 0) is 49.8 Å². The molecular formula is C35H46N3O8PS2. The molecule has 0 radical (unpaired) electrons. The largest absolute Gasteiger partial charge is 0.483 e. The van der Waals surface area contributed by atoms with Gasteiger partial charge < -0.3 is 29.4 Å². The molecule has 2 amide bonds. The minimum atomic E-state index is -3.79. The van der Waals surface area contributed by atoms with Crippen LogP contribution in [0.25, 0.3) is 0 Å². The molecule has 3 N–H and O–H groups in total. The summed E-state index contributed by atoms with van der Waals surface area (Å²) < 4.78 is 51.1. The summed E-state index contributed by atoms with van der Waals surface area (Å²) in [6.45, 7) is 5.70. The molecule has 266 valence electrons. The number of rotatable bonds is 16. The van der Waals surface area contributed by atoms with Crippen LogP contribution in [0.5, 0.6) is 5.75 Å². The number of ether oxygens (including phenoxy) is 2.